The summed E-state index contributed by atoms with van der Waals surface area (Å²) in [6.45, 7) is 4.38. The van der Waals surface area contributed by atoms with Gasteiger partial charge in [-0.2, -0.15) is 11.8 Å². The van der Waals surface area contributed by atoms with Crippen LogP contribution < -0.4 is 0 Å². The zero-order valence-corrected chi connectivity index (χ0v) is 9.42. The Labute approximate surface area is 89.0 Å². The van der Waals surface area contributed by atoms with Crippen LogP contribution in [0.25, 0.3) is 0 Å². The molecule has 78 valence electrons. The Bertz CT molecular complexity index is 279. The molecule has 1 heterocycles. The van der Waals surface area contributed by atoms with Crippen LogP contribution in [0, 0.1) is 5.92 Å². The average Bonchev–Trinajstić information content (AvgIpc) is 2.18. The van der Waals surface area contributed by atoms with Crippen molar-refractivity contribution in [3.8, 4) is 0 Å². The molecule has 0 atom stereocenters. The topological polar surface area (TPSA) is 46.0 Å². The summed E-state index contributed by atoms with van der Waals surface area (Å²) in [4.78, 5) is 8.35. The molecular formula is C10H16N2OS. The fourth-order valence-corrected chi connectivity index (χ4v) is 1.90. The summed E-state index contributed by atoms with van der Waals surface area (Å²) in [7, 11) is 0. The number of aromatic nitrogens is 2. The Balaban J connectivity index is 2.42. The molecular weight excluding hydrogens is 196 g/mol. The Hall–Kier alpha value is -0.610. The first-order chi connectivity index (χ1) is 6.72. The van der Waals surface area contributed by atoms with Gasteiger partial charge in [0.2, 0.25) is 0 Å². The van der Waals surface area contributed by atoms with E-state index in [2.05, 4.69) is 23.8 Å². The Morgan fingerprint density at radius 3 is 2.93 bits per heavy atom. The van der Waals surface area contributed by atoms with Gasteiger partial charge in [0.25, 0.3) is 0 Å². The van der Waals surface area contributed by atoms with Crippen LogP contribution >= 0.6 is 11.8 Å². The van der Waals surface area contributed by atoms with Crippen molar-refractivity contribution >= 4 is 11.8 Å². The van der Waals surface area contributed by atoms with E-state index in [9.17, 15) is 0 Å². The average molecular weight is 212 g/mol. The minimum Gasteiger partial charge on any atom is -0.390 e. The molecule has 0 amide bonds. The second-order valence-corrected chi connectivity index (χ2v) is 4.56. The van der Waals surface area contributed by atoms with Gasteiger partial charge in [0.15, 0.2) is 0 Å². The van der Waals surface area contributed by atoms with Crippen LogP contribution in [0.4, 0.5) is 0 Å². The van der Waals surface area contributed by atoms with Gasteiger partial charge in [0.1, 0.15) is 5.82 Å². The van der Waals surface area contributed by atoms with Crippen LogP contribution in [0.1, 0.15) is 25.4 Å². The quantitative estimate of drug-likeness (QED) is 0.809. The van der Waals surface area contributed by atoms with Gasteiger partial charge in [0.05, 0.1) is 18.1 Å². The molecule has 3 nitrogen and oxygen atoms in total. The van der Waals surface area contributed by atoms with Crippen molar-refractivity contribution in [2.75, 3.05) is 5.75 Å². The molecule has 0 aromatic carbocycles. The molecule has 1 rings (SSSR count). The third-order valence-electron chi connectivity index (χ3n) is 1.61. The first kappa shape index (κ1) is 11.5. The van der Waals surface area contributed by atoms with E-state index in [1.807, 2.05) is 11.8 Å². The lowest BCUT2D eigenvalue weighted by Gasteiger charge is -2.04. The number of thioether (sulfide) groups is 1. The van der Waals surface area contributed by atoms with Gasteiger partial charge in [0, 0.05) is 6.20 Å². The maximum atomic E-state index is 8.88. The van der Waals surface area contributed by atoms with E-state index in [0.717, 1.165) is 17.3 Å². The van der Waals surface area contributed by atoms with Gasteiger partial charge < -0.3 is 5.11 Å². The van der Waals surface area contributed by atoms with Crippen LogP contribution in [0.3, 0.4) is 0 Å². The summed E-state index contributed by atoms with van der Waals surface area (Å²) in [6.07, 6.45) is 1.70. The maximum absolute atomic E-state index is 8.88. The third-order valence-corrected chi connectivity index (χ3v) is 2.97. The Morgan fingerprint density at radius 2 is 2.29 bits per heavy atom. The van der Waals surface area contributed by atoms with Crippen molar-refractivity contribution in [1.82, 2.24) is 9.97 Å². The van der Waals surface area contributed by atoms with Crippen molar-refractivity contribution in [2.45, 2.75) is 26.2 Å². The SMILES string of the molecule is CC(C)CSCc1nccc(CO)n1. The van der Waals surface area contributed by atoms with Gasteiger partial charge in [-0.05, 0) is 17.7 Å². The predicted molar refractivity (Wildman–Crippen MR) is 59.0 cm³/mol. The first-order valence-corrected chi connectivity index (χ1v) is 5.87. The van der Waals surface area contributed by atoms with Gasteiger partial charge in [-0.25, -0.2) is 9.97 Å². The molecule has 0 fully saturated rings. The van der Waals surface area contributed by atoms with E-state index in [4.69, 9.17) is 5.11 Å². The zero-order valence-electron chi connectivity index (χ0n) is 8.60. The van der Waals surface area contributed by atoms with E-state index in [1.54, 1.807) is 12.3 Å². The van der Waals surface area contributed by atoms with Crippen LogP contribution in [-0.2, 0) is 12.4 Å². The van der Waals surface area contributed by atoms with Crippen LogP contribution in [0.2, 0.25) is 0 Å². The van der Waals surface area contributed by atoms with Crippen molar-refractivity contribution in [3.63, 3.8) is 0 Å². The molecule has 0 spiro atoms. The standard InChI is InChI=1S/C10H16N2OS/c1-8(2)6-14-7-10-11-4-3-9(5-13)12-10/h3-4,8,13H,5-7H2,1-2H3. The predicted octanol–water partition coefficient (Wildman–Crippen LogP) is 1.86. The lowest BCUT2D eigenvalue weighted by atomic mass is 10.3. The zero-order chi connectivity index (χ0) is 10.4. The van der Waals surface area contributed by atoms with Gasteiger partial charge in [-0.3, -0.25) is 0 Å². The van der Waals surface area contributed by atoms with Gasteiger partial charge in [-0.15, -0.1) is 0 Å². The second-order valence-electron chi connectivity index (χ2n) is 3.53. The molecule has 0 aliphatic carbocycles. The number of hydrogen-bond acceptors (Lipinski definition) is 4. The van der Waals surface area contributed by atoms with E-state index in [-0.39, 0.29) is 6.61 Å². The molecule has 4 heteroatoms. The Morgan fingerprint density at radius 1 is 1.50 bits per heavy atom. The van der Waals surface area contributed by atoms with Crippen molar-refractivity contribution in [2.24, 2.45) is 5.92 Å². The van der Waals surface area contributed by atoms with Gasteiger partial charge in [-0.1, -0.05) is 13.8 Å². The summed E-state index contributed by atoms with van der Waals surface area (Å²) in [5.74, 6) is 3.45. The fourth-order valence-electron chi connectivity index (χ4n) is 0.985. The molecule has 0 aliphatic heterocycles. The van der Waals surface area contributed by atoms with E-state index >= 15 is 0 Å². The molecule has 14 heavy (non-hydrogen) atoms. The molecule has 0 saturated carbocycles. The summed E-state index contributed by atoms with van der Waals surface area (Å²) < 4.78 is 0. The third kappa shape index (κ3) is 4.07. The first-order valence-electron chi connectivity index (χ1n) is 4.71. The minimum atomic E-state index is -0.00956. The van der Waals surface area contributed by atoms with Crippen LogP contribution in [0.15, 0.2) is 12.3 Å². The molecule has 0 bridgehead atoms. The summed E-state index contributed by atoms with van der Waals surface area (Å²) >= 11 is 1.83. The lowest BCUT2D eigenvalue weighted by Crippen LogP contribution is -1.98. The summed E-state index contributed by atoms with van der Waals surface area (Å²) in [6, 6.07) is 1.73. The number of nitrogens with zero attached hydrogens (tertiary/aromatic N) is 2. The molecule has 0 radical (unpaired) electrons. The van der Waals surface area contributed by atoms with E-state index < -0.39 is 0 Å². The molecule has 1 N–H and O–H groups in total. The number of hydrogen-bond donors (Lipinski definition) is 1. The lowest BCUT2D eigenvalue weighted by molar-refractivity contribution is 0.276. The van der Waals surface area contributed by atoms with Crippen molar-refractivity contribution in [3.05, 3.63) is 23.8 Å². The summed E-state index contributed by atoms with van der Waals surface area (Å²) in [5.41, 5.74) is 0.695. The Kier molecular flexibility index (Phi) is 4.90. The highest BCUT2D eigenvalue weighted by Crippen LogP contribution is 2.12. The number of aliphatic hydroxyl groups excluding tert-OH is 1. The smallest absolute Gasteiger partial charge is 0.138 e. The monoisotopic (exact) mass is 212 g/mol. The largest absolute Gasteiger partial charge is 0.390 e. The molecule has 1 aromatic heterocycles. The second kappa shape index (κ2) is 5.98. The number of aliphatic hydroxyl groups is 1. The highest BCUT2D eigenvalue weighted by Gasteiger charge is 2.00. The summed E-state index contributed by atoms with van der Waals surface area (Å²) in [5, 5.41) is 8.88. The van der Waals surface area contributed by atoms with Gasteiger partial charge >= 0.3 is 0 Å². The maximum Gasteiger partial charge on any atom is 0.138 e. The number of rotatable bonds is 5. The minimum absolute atomic E-state index is 0.00956. The normalized spacial score (nSPS) is 10.9. The fraction of sp³-hybridized carbons (Fsp3) is 0.600. The van der Waals surface area contributed by atoms with Crippen molar-refractivity contribution in [1.29, 1.82) is 0 Å². The highest BCUT2D eigenvalue weighted by atomic mass is 32.2. The van der Waals surface area contributed by atoms with E-state index in [0.29, 0.717) is 11.6 Å². The molecule has 1 aromatic rings. The van der Waals surface area contributed by atoms with Crippen molar-refractivity contribution < 1.29 is 5.11 Å². The van der Waals surface area contributed by atoms with Crippen LogP contribution in [-0.4, -0.2) is 20.8 Å². The molecule has 0 unspecified atom stereocenters. The highest BCUT2D eigenvalue weighted by molar-refractivity contribution is 7.98. The molecule has 0 aliphatic rings. The van der Waals surface area contributed by atoms with Crippen LogP contribution in [0.5, 0.6) is 0 Å². The molecule has 0 saturated heterocycles. The van der Waals surface area contributed by atoms with E-state index in [1.165, 1.54) is 0 Å².